The number of nitrogens with one attached hydrogen (secondary N) is 1. The molecule has 2 aromatic carbocycles. The number of carbonyl (C=O) groups excluding carboxylic acids is 2. The van der Waals surface area contributed by atoms with Gasteiger partial charge in [0.05, 0.1) is 17.6 Å². The molecule has 0 bridgehead atoms. The molecule has 3 aromatic rings. The summed E-state index contributed by atoms with van der Waals surface area (Å²) in [5.74, 6) is -0.494. The summed E-state index contributed by atoms with van der Waals surface area (Å²) in [5, 5.41) is 2.78. The first kappa shape index (κ1) is 16.6. The van der Waals surface area contributed by atoms with E-state index in [1.807, 2.05) is 31.2 Å². The molecule has 0 saturated heterocycles. The van der Waals surface area contributed by atoms with Crippen LogP contribution in [0.4, 0.5) is 5.69 Å². The van der Waals surface area contributed by atoms with Crippen LogP contribution in [0, 0.1) is 6.92 Å². The van der Waals surface area contributed by atoms with E-state index in [1.54, 1.807) is 37.6 Å². The van der Waals surface area contributed by atoms with Crippen LogP contribution in [0.2, 0.25) is 0 Å². The Hall–Kier alpha value is -3.28. The largest absolute Gasteiger partial charge is 0.332 e. The Morgan fingerprint density at radius 1 is 1.00 bits per heavy atom. The number of hydrogen-bond acceptors (Lipinski definition) is 4. The summed E-state index contributed by atoms with van der Waals surface area (Å²) < 4.78 is 0. The molecular formula is C19H18N4O2. The zero-order chi connectivity index (χ0) is 17.8. The highest BCUT2D eigenvalue weighted by Crippen LogP contribution is 2.13. The Bertz CT molecular complexity index is 922. The van der Waals surface area contributed by atoms with Crippen molar-refractivity contribution in [1.82, 2.24) is 14.9 Å². The van der Waals surface area contributed by atoms with E-state index in [4.69, 9.17) is 0 Å². The standard InChI is InChI=1S/C19H18N4O2/c1-13-3-6-15(7-4-13)22-18(24)12-23(2)19(25)14-5-8-16-17(11-14)21-10-9-20-16/h3-11H,12H2,1-2H3,(H,22,24). The van der Waals surface area contributed by atoms with Crippen molar-refractivity contribution in [3.63, 3.8) is 0 Å². The summed E-state index contributed by atoms with van der Waals surface area (Å²) in [6.45, 7) is 1.94. The van der Waals surface area contributed by atoms with Crippen LogP contribution in [0.15, 0.2) is 54.9 Å². The summed E-state index contributed by atoms with van der Waals surface area (Å²) >= 11 is 0. The predicted molar refractivity (Wildman–Crippen MR) is 96.3 cm³/mol. The minimum absolute atomic E-state index is 0.0365. The zero-order valence-electron chi connectivity index (χ0n) is 14.1. The van der Waals surface area contributed by atoms with Crippen molar-refractivity contribution in [3.05, 3.63) is 66.0 Å². The van der Waals surface area contributed by atoms with Crippen molar-refractivity contribution in [1.29, 1.82) is 0 Å². The molecule has 6 heteroatoms. The van der Waals surface area contributed by atoms with Crippen LogP contribution in [0.1, 0.15) is 15.9 Å². The minimum atomic E-state index is -0.250. The van der Waals surface area contributed by atoms with Gasteiger partial charge in [-0.15, -0.1) is 0 Å². The van der Waals surface area contributed by atoms with Gasteiger partial charge in [0, 0.05) is 30.7 Å². The van der Waals surface area contributed by atoms with Crippen LogP contribution in [0.5, 0.6) is 0 Å². The molecule has 0 fully saturated rings. The van der Waals surface area contributed by atoms with Crippen LogP contribution < -0.4 is 5.32 Å². The molecule has 2 amide bonds. The molecular weight excluding hydrogens is 316 g/mol. The number of carbonyl (C=O) groups is 2. The number of anilines is 1. The lowest BCUT2D eigenvalue weighted by molar-refractivity contribution is -0.116. The molecule has 0 aliphatic carbocycles. The quantitative estimate of drug-likeness (QED) is 0.796. The van der Waals surface area contributed by atoms with E-state index in [-0.39, 0.29) is 18.4 Å². The van der Waals surface area contributed by atoms with Gasteiger partial charge in [-0.2, -0.15) is 0 Å². The second-order valence-corrected chi connectivity index (χ2v) is 5.84. The summed E-state index contributed by atoms with van der Waals surface area (Å²) in [6.07, 6.45) is 3.18. The fourth-order valence-corrected chi connectivity index (χ4v) is 2.44. The maximum absolute atomic E-state index is 12.5. The maximum atomic E-state index is 12.5. The highest BCUT2D eigenvalue weighted by molar-refractivity contribution is 6.00. The lowest BCUT2D eigenvalue weighted by atomic mass is 10.1. The molecule has 1 heterocycles. The van der Waals surface area contributed by atoms with E-state index in [2.05, 4.69) is 15.3 Å². The number of hydrogen-bond donors (Lipinski definition) is 1. The molecule has 0 radical (unpaired) electrons. The highest BCUT2D eigenvalue weighted by atomic mass is 16.2. The van der Waals surface area contributed by atoms with Crippen molar-refractivity contribution < 1.29 is 9.59 Å². The van der Waals surface area contributed by atoms with Gasteiger partial charge in [0.15, 0.2) is 0 Å². The van der Waals surface area contributed by atoms with Crippen molar-refractivity contribution >= 4 is 28.5 Å². The number of nitrogens with zero attached hydrogens (tertiary/aromatic N) is 3. The minimum Gasteiger partial charge on any atom is -0.332 e. The van der Waals surface area contributed by atoms with Crippen LogP contribution in [-0.2, 0) is 4.79 Å². The molecule has 0 aliphatic rings. The van der Waals surface area contributed by atoms with E-state index in [1.165, 1.54) is 4.90 Å². The summed E-state index contributed by atoms with van der Waals surface area (Å²) in [4.78, 5) is 34.4. The molecule has 1 aromatic heterocycles. The lowest BCUT2D eigenvalue weighted by Crippen LogP contribution is -2.34. The molecule has 3 rings (SSSR count). The van der Waals surface area contributed by atoms with Gasteiger partial charge in [-0.1, -0.05) is 17.7 Å². The summed E-state index contributed by atoms with van der Waals surface area (Å²) in [6, 6.07) is 12.6. The molecule has 0 spiro atoms. The third-order valence-corrected chi connectivity index (χ3v) is 3.78. The van der Waals surface area contributed by atoms with Crippen molar-refractivity contribution in [2.45, 2.75) is 6.92 Å². The normalized spacial score (nSPS) is 10.5. The monoisotopic (exact) mass is 334 g/mol. The van der Waals surface area contributed by atoms with Crippen LogP contribution in [0.3, 0.4) is 0 Å². The number of fused-ring (bicyclic) bond motifs is 1. The number of rotatable bonds is 4. The second-order valence-electron chi connectivity index (χ2n) is 5.84. The van der Waals surface area contributed by atoms with E-state index >= 15 is 0 Å². The van der Waals surface area contributed by atoms with Crippen LogP contribution in [-0.4, -0.2) is 40.3 Å². The number of benzene rings is 2. The molecule has 1 N–H and O–H groups in total. The van der Waals surface area contributed by atoms with E-state index in [9.17, 15) is 9.59 Å². The highest BCUT2D eigenvalue weighted by Gasteiger charge is 2.15. The third-order valence-electron chi connectivity index (χ3n) is 3.78. The molecule has 0 atom stereocenters. The topological polar surface area (TPSA) is 75.2 Å². The lowest BCUT2D eigenvalue weighted by Gasteiger charge is -2.17. The Morgan fingerprint density at radius 2 is 1.68 bits per heavy atom. The number of likely N-dealkylation sites (N-methyl/N-ethyl adjacent to an activating group) is 1. The first-order chi connectivity index (χ1) is 12.0. The number of amides is 2. The predicted octanol–water partition coefficient (Wildman–Crippen LogP) is 2.65. The van der Waals surface area contributed by atoms with Gasteiger partial charge in [0.2, 0.25) is 5.91 Å². The van der Waals surface area contributed by atoms with Gasteiger partial charge >= 0.3 is 0 Å². The third kappa shape index (κ3) is 3.98. The van der Waals surface area contributed by atoms with Gasteiger partial charge in [-0.05, 0) is 37.3 Å². The van der Waals surface area contributed by atoms with Crippen molar-refractivity contribution in [2.75, 3.05) is 18.9 Å². The first-order valence-corrected chi connectivity index (χ1v) is 7.86. The van der Waals surface area contributed by atoms with E-state index in [0.29, 0.717) is 16.8 Å². The van der Waals surface area contributed by atoms with Crippen molar-refractivity contribution in [2.24, 2.45) is 0 Å². The molecule has 0 unspecified atom stereocenters. The van der Waals surface area contributed by atoms with Crippen molar-refractivity contribution in [3.8, 4) is 0 Å². The van der Waals surface area contributed by atoms with Gasteiger partial charge in [0.1, 0.15) is 0 Å². The Kier molecular flexibility index (Phi) is 4.70. The summed E-state index contributed by atoms with van der Waals surface area (Å²) in [7, 11) is 1.60. The average molecular weight is 334 g/mol. The van der Waals surface area contributed by atoms with Gasteiger partial charge in [0.25, 0.3) is 5.91 Å². The average Bonchev–Trinajstić information content (AvgIpc) is 2.62. The number of aryl methyl sites for hydroxylation is 1. The Morgan fingerprint density at radius 3 is 2.40 bits per heavy atom. The molecule has 0 saturated carbocycles. The number of aromatic nitrogens is 2. The smallest absolute Gasteiger partial charge is 0.254 e. The fourth-order valence-electron chi connectivity index (χ4n) is 2.44. The SMILES string of the molecule is Cc1ccc(NC(=O)CN(C)C(=O)c2ccc3nccnc3c2)cc1. The van der Waals surface area contributed by atoms with Crippen LogP contribution in [0.25, 0.3) is 11.0 Å². The molecule has 126 valence electrons. The van der Waals surface area contributed by atoms with Gasteiger partial charge in [-0.3, -0.25) is 19.6 Å². The molecule has 6 nitrogen and oxygen atoms in total. The Labute approximate surface area is 145 Å². The fraction of sp³-hybridized carbons (Fsp3) is 0.158. The van der Waals surface area contributed by atoms with E-state index in [0.717, 1.165) is 11.1 Å². The van der Waals surface area contributed by atoms with Gasteiger partial charge < -0.3 is 10.2 Å². The van der Waals surface area contributed by atoms with Crippen LogP contribution >= 0.6 is 0 Å². The Balaban J connectivity index is 1.66. The van der Waals surface area contributed by atoms with E-state index < -0.39 is 0 Å². The first-order valence-electron chi connectivity index (χ1n) is 7.86. The zero-order valence-corrected chi connectivity index (χ0v) is 14.1. The second kappa shape index (κ2) is 7.09. The summed E-state index contributed by atoms with van der Waals surface area (Å²) in [5.41, 5.74) is 3.66. The maximum Gasteiger partial charge on any atom is 0.254 e. The molecule has 0 aliphatic heterocycles. The van der Waals surface area contributed by atoms with Gasteiger partial charge in [-0.25, -0.2) is 0 Å². The molecule has 25 heavy (non-hydrogen) atoms.